The molecule has 2 amide bonds. The van der Waals surface area contributed by atoms with E-state index >= 15 is 0 Å². The minimum absolute atomic E-state index is 0.0701. The molecule has 3 aliphatic rings. The van der Waals surface area contributed by atoms with Crippen molar-refractivity contribution in [3.8, 4) is 0 Å². The number of imide groups is 1. The summed E-state index contributed by atoms with van der Waals surface area (Å²) in [6.07, 6.45) is 5.15. The van der Waals surface area contributed by atoms with Crippen LogP contribution in [0, 0.1) is 30.1 Å². The summed E-state index contributed by atoms with van der Waals surface area (Å²) in [5, 5.41) is 0.580. The van der Waals surface area contributed by atoms with Gasteiger partial charge >= 0.3 is 0 Å². The maximum absolute atomic E-state index is 12.9. The van der Waals surface area contributed by atoms with E-state index in [-0.39, 0.29) is 29.6 Å². The predicted octanol–water partition coefficient (Wildman–Crippen LogP) is 3.35. The maximum atomic E-state index is 12.9. The van der Waals surface area contributed by atoms with Crippen molar-refractivity contribution >= 4 is 29.1 Å². The second-order valence-electron chi connectivity index (χ2n) is 6.56. The van der Waals surface area contributed by atoms with Crippen LogP contribution in [0.4, 0.5) is 5.69 Å². The van der Waals surface area contributed by atoms with Gasteiger partial charge in [-0.25, -0.2) is 4.90 Å². The quantitative estimate of drug-likeness (QED) is 0.589. The molecule has 4 rings (SSSR count). The smallest absolute Gasteiger partial charge is 0.241 e. The number of nitrogens with zero attached hydrogens (tertiary/aromatic N) is 1. The standard InChI is InChI=1S/C17H16ClNO2/c1-9-3-6-12(8-13(9)18)19-15(20)14-10-4-5-11(7-10)17(14,2)16(19)21/h3-6,8,10-11,14H,7H2,1-2H3/t10-,11+,14-,17+/m1/s1. The van der Waals surface area contributed by atoms with E-state index < -0.39 is 5.41 Å². The molecule has 108 valence electrons. The summed E-state index contributed by atoms with van der Waals surface area (Å²) in [5.41, 5.74) is 0.955. The van der Waals surface area contributed by atoms with Crippen LogP contribution in [0.15, 0.2) is 30.4 Å². The Balaban J connectivity index is 1.81. The normalized spacial score (nSPS) is 36.7. The van der Waals surface area contributed by atoms with E-state index in [0.29, 0.717) is 10.7 Å². The van der Waals surface area contributed by atoms with Crippen LogP contribution in [0.5, 0.6) is 0 Å². The molecule has 1 saturated carbocycles. The van der Waals surface area contributed by atoms with Crippen molar-refractivity contribution in [1.82, 2.24) is 0 Å². The first-order valence-electron chi connectivity index (χ1n) is 7.27. The van der Waals surface area contributed by atoms with Crippen molar-refractivity contribution in [3.05, 3.63) is 40.9 Å². The van der Waals surface area contributed by atoms with Crippen molar-refractivity contribution in [2.24, 2.45) is 23.2 Å². The molecule has 0 unspecified atom stereocenters. The molecule has 0 radical (unpaired) electrons. The fraction of sp³-hybridized carbons (Fsp3) is 0.412. The second kappa shape index (κ2) is 3.98. The minimum Gasteiger partial charge on any atom is -0.274 e. The average Bonchev–Trinajstić information content (AvgIpc) is 3.07. The number of halogens is 1. The van der Waals surface area contributed by atoms with Crippen LogP contribution in [-0.2, 0) is 9.59 Å². The number of carbonyl (C=O) groups is 2. The number of fused-ring (bicyclic) bond motifs is 5. The molecule has 1 aromatic carbocycles. The molecular formula is C17H16ClNO2. The number of aryl methyl sites for hydroxylation is 1. The lowest BCUT2D eigenvalue weighted by molar-refractivity contribution is -0.127. The highest BCUT2D eigenvalue weighted by Crippen LogP contribution is 2.60. The lowest BCUT2D eigenvalue weighted by atomic mass is 9.71. The Bertz CT molecular complexity index is 711. The number of anilines is 1. The maximum Gasteiger partial charge on any atom is 0.241 e. The van der Waals surface area contributed by atoms with Crippen LogP contribution < -0.4 is 4.90 Å². The van der Waals surface area contributed by atoms with E-state index in [1.54, 1.807) is 12.1 Å². The lowest BCUT2D eigenvalue weighted by Crippen LogP contribution is -2.37. The van der Waals surface area contributed by atoms with Gasteiger partial charge in [-0.1, -0.05) is 29.8 Å². The number of hydrogen-bond acceptors (Lipinski definition) is 2. The highest BCUT2D eigenvalue weighted by molar-refractivity contribution is 6.32. The molecule has 1 saturated heterocycles. The molecule has 0 N–H and O–H groups in total. The van der Waals surface area contributed by atoms with Crippen LogP contribution in [0.25, 0.3) is 0 Å². The second-order valence-corrected chi connectivity index (χ2v) is 6.97. The Morgan fingerprint density at radius 1 is 1.29 bits per heavy atom. The largest absolute Gasteiger partial charge is 0.274 e. The van der Waals surface area contributed by atoms with Crippen molar-refractivity contribution in [1.29, 1.82) is 0 Å². The molecule has 0 spiro atoms. The van der Waals surface area contributed by atoms with Crippen molar-refractivity contribution in [2.45, 2.75) is 20.3 Å². The van der Waals surface area contributed by atoms with Crippen molar-refractivity contribution in [3.63, 3.8) is 0 Å². The van der Waals surface area contributed by atoms with Crippen LogP contribution >= 0.6 is 11.6 Å². The van der Waals surface area contributed by atoms with Gasteiger partial charge in [0.1, 0.15) is 0 Å². The van der Waals surface area contributed by atoms with Crippen LogP contribution in [0.2, 0.25) is 5.02 Å². The zero-order chi connectivity index (χ0) is 14.9. The van der Waals surface area contributed by atoms with E-state index in [9.17, 15) is 9.59 Å². The Labute approximate surface area is 128 Å². The summed E-state index contributed by atoms with van der Waals surface area (Å²) in [6, 6.07) is 5.37. The molecule has 2 aliphatic carbocycles. The highest BCUT2D eigenvalue weighted by Gasteiger charge is 2.67. The zero-order valence-corrected chi connectivity index (χ0v) is 12.7. The summed E-state index contributed by atoms with van der Waals surface area (Å²) in [7, 11) is 0. The monoisotopic (exact) mass is 301 g/mol. The van der Waals surface area contributed by atoms with E-state index in [2.05, 4.69) is 12.2 Å². The number of carbonyl (C=O) groups excluding carboxylic acids is 2. The van der Waals surface area contributed by atoms with Gasteiger partial charge < -0.3 is 0 Å². The first kappa shape index (κ1) is 13.1. The Hall–Kier alpha value is -1.61. The van der Waals surface area contributed by atoms with Gasteiger partial charge in [-0.2, -0.15) is 0 Å². The van der Waals surface area contributed by atoms with E-state index in [1.165, 1.54) is 4.90 Å². The third-order valence-corrected chi connectivity index (χ3v) is 5.93. The van der Waals surface area contributed by atoms with Crippen molar-refractivity contribution in [2.75, 3.05) is 4.90 Å². The van der Waals surface area contributed by atoms with Gasteiger partial charge in [0, 0.05) is 5.02 Å². The summed E-state index contributed by atoms with van der Waals surface area (Å²) < 4.78 is 0. The van der Waals surface area contributed by atoms with E-state index in [1.807, 2.05) is 19.9 Å². The molecule has 0 aromatic heterocycles. The minimum atomic E-state index is -0.576. The molecule has 2 fully saturated rings. The van der Waals surface area contributed by atoms with E-state index in [4.69, 9.17) is 11.6 Å². The lowest BCUT2D eigenvalue weighted by Gasteiger charge is -2.28. The highest BCUT2D eigenvalue weighted by atomic mass is 35.5. The number of allylic oxidation sites excluding steroid dienone is 2. The number of rotatable bonds is 1. The third-order valence-electron chi connectivity index (χ3n) is 5.53. The van der Waals surface area contributed by atoms with Gasteiger partial charge in [-0.3, -0.25) is 9.59 Å². The summed E-state index contributed by atoms with van der Waals surface area (Å²) >= 11 is 6.15. The summed E-state index contributed by atoms with van der Waals surface area (Å²) in [6.45, 7) is 3.85. The van der Waals surface area contributed by atoms with Gasteiger partial charge in [-0.15, -0.1) is 0 Å². The summed E-state index contributed by atoms with van der Waals surface area (Å²) in [4.78, 5) is 27.1. The van der Waals surface area contributed by atoms with Gasteiger partial charge in [0.15, 0.2) is 0 Å². The molecule has 2 bridgehead atoms. The van der Waals surface area contributed by atoms with Gasteiger partial charge in [0.05, 0.1) is 17.0 Å². The van der Waals surface area contributed by atoms with Crippen LogP contribution in [0.3, 0.4) is 0 Å². The molecule has 4 heteroatoms. The Kier molecular flexibility index (Phi) is 2.48. The average molecular weight is 302 g/mol. The molecule has 1 aromatic rings. The van der Waals surface area contributed by atoms with Crippen molar-refractivity contribution < 1.29 is 9.59 Å². The number of amides is 2. The first-order valence-corrected chi connectivity index (χ1v) is 7.65. The fourth-order valence-corrected chi connectivity index (χ4v) is 4.45. The molecule has 1 aliphatic heterocycles. The zero-order valence-electron chi connectivity index (χ0n) is 12.0. The third kappa shape index (κ3) is 1.45. The molecule has 4 atom stereocenters. The molecular weight excluding hydrogens is 286 g/mol. The first-order chi connectivity index (χ1) is 9.94. The number of benzene rings is 1. The summed E-state index contributed by atoms with van der Waals surface area (Å²) in [5.74, 6) is 0.0471. The molecule has 1 heterocycles. The van der Waals surface area contributed by atoms with Gasteiger partial charge in [0.25, 0.3) is 0 Å². The van der Waals surface area contributed by atoms with Crippen LogP contribution in [0.1, 0.15) is 18.9 Å². The fourth-order valence-electron chi connectivity index (χ4n) is 4.27. The van der Waals surface area contributed by atoms with Crippen LogP contribution in [-0.4, -0.2) is 11.8 Å². The van der Waals surface area contributed by atoms with Gasteiger partial charge in [0.2, 0.25) is 11.8 Å². The predicted molar refractivity (Wildman–Crippen MR) is 81.0 cm³/mol. The SMILES string of the molecule is Cc1ccc(N2C(=O)[C@H]3[C@@H]4C=C[C@@H](C4)[C@]3(C)C2=O)cc1Cl. The molecule has 3 nitrogen and oxygen atoms in total. The Morgan fingerprint density at radius 3 is 2.71 bits per heavy atom. The Morgan fingerprint density at radius 2 is 2.05 bits per heavy atom. The molecule has 21 heavy (non-hydrogen) atoms. The van der Waals surface area contributed by atoms with E-state index in [0.717, 1.165) is 12.0 Å². The number of hydrogen-bond donors (Lipinski definition) is 0. The topological polar surface area (TPSA) is 37.4 Å². The van der Waals surface area contributed by atoms with Gasteiger partial charge in [-0.05, 0) is 49.8 Å².